The first-order chi connectivity index (χ1) is 7.07. The van der Waals surface area contributed by atoms with E-state index < -0.39 is 12.0 Å². The van der Waals surface area contributed by atoms with Crippen LogP contribution in [0.1, 0.15) is 39.0 Å². The summed E-state index contributed by atoms with van der Waals surface area (Å²) in [5, 5.41) is 11.0. The predicted molar refractivity (Wildman–Crippen MR) is 57.4 cm³/mol. The van der Waals surface area contributed by atoms with Crippen LogP contribution in [0.3, 0.4) is 0 Å². The minimum atomic E-state index is -1.01. The summed E-state index contributed by atoms with van der Waals surface area (Å²) in [6, 6.07) is -0.804. The molecule has 0 aliphatic carbocycles. The second-order valence-corrected chi connectivity index (χ2v) is 3.58. The quantitative estimate of drug-likeness (QED) is 0.515. The van der Waals surface area contributed by atoms with E-state index in [1.807, 2.05) is 0 Å². The van der Waals surface area contributed by atoms with E-state index in [2.05, 4.69) is 5.32 Å². The number of carbonyl (C=O) groups excluding carboxylic acids is 1. The Bertz CT molecular complexity index is 207. The first-order valence-electron chi connectivity index (χ1n) is 5.30. The molecule has 0 radical (unpaired) electrons. The van der Waals surface area contributed by atoms with Crippen LogP contribution < -0.4 is 11.1 Å². The molecule has 0 fully saturated rings. The number of carboxylic acids is 1. The van der Waals surface area contributed by atoms with Crippen molar-refractivity contribution in [2.45, 2.75) is 45.1 Å². The minimum Gasteiger partial charge on any atom is -0.480 e. The maximum absolute atomic E-state index is 11.2. The van der Waals surface area contributed by atoms with E-state index in [1.54, 1.807) is 0 Å². The molecule has 0 bridgehead atoms. The van der Waals surface area contributed by atoms with Crippen molar-refractivity contribution in [3.63, 3.8) is 0 Å². The number of carboxylic acid groups (broad SMARTS) is 1. The molecule has 1 atom stereocenters. The van der Waals surface area contributed by atoms with E-state index in [0.29, 0.717) is 13.0 Å². The average Bonchev–Trinajstić information content (AvgIpc) is 2.17. The summed E-state index contributed by atoms with van der Waals surface area (Å²) in [6.45, 7) is 2.14. The molecular weight excluding hydrogens is 196 g/mol. The maximum Gasteiger partial charge on any atom is 0.325 e. The zero-order valence-corrected chi connectivity index (χ0v) is 9.16. The van der Waals surface area contributed by atoms with Gasteiger partial charge in [0.05, 0.1) is 0 Å². The van der Waals surface area contributed by atoms with E-state index in [-0.39, 0.29) is 5.91 Å². The molecular formula is C10H20N2O3. The van der Waals surface area contributed by atoms with Crippen molar-refractivity contribution in [1.82, 2.24) is 5.32 Å². The molecule has 0 aliphatic rings. The Morgan fingerprint density at radius 1 is 1.27 bits per heavy atom. The van der Waals surface area contributed by atoms with Crippen molar-refractivity contribution in [2.24, 2.45) is 5.73 Å². The third kappa shape index (κ3) is 7.93. The summed E-state index contributed by atoms with van der Waals surface area (Å²) < 4.78 is 0. The zero-order valence-electron chi connectivity index (χ0n) is 9.16. The Kier molecular flexibility index (Phi) is 7.62. The van der Waals surface area contributed by atoms with E-state index in [4.69, 9.17) is 10.8 Å². The van der Waals surface area contributed by atoms with Crippen LogP contribution in [0.5, 0.6) is 0 Å². The van der Waals surface area contributed by atoms with Crippen LogP contribution in [-0.4, -0.2) is 29.6 Å². The smallest absolute Gasteiger partial charge is 0.325 e. The SMILES string of the molecule is C[C@H](NC(=O)CCCCCCN)C(=O)O. The summed E-state index contributed by atoms with van der Waals surface area (Å²) in [4.78, 5) is 21.6. The molecule has 0 spiro atoms. The van der Waals surface area contributed by atoms with Crippen molar-refractivity contribution in [1.29, 1.82) is 0 Å². The zero-order chi connectivity index (χ0) is 11.7. The Balaban J connectivity index is 3.45. The molecule has 5 heteroatoms. The molecule has 0 saturated heterocycles. The van der Waals surface area contributed by atoms with Gasteiger partial charge in [0.25, 0.3) is 0 Å². The summed E-state index contributed by atoms with van der Waals surface area (Å²) in [5.74, 6) is -1.20. The molecule has 5 nitrogen and oxygen atoms in total. The number of aliphatic carboxylic acids is 1. The minimum absolute atomic E-state index is 0.197. The average molecular weight is 216 g/mol. The fourth-order valence-corrected chi connectivity index (χ4v) is 1.16. The summed E-state index contributed by atoms with van der Waals surface area (Å²) >= 11 is 0. The van der Waals surface area contributed by atoms with Gasteiger partial charge in [-0.25, -0.2) is 0 Å². The summed E-state index contributed by atoms with van der Waals surface area (Å²) in [6.07, 6.45) is 4.15. The largest absolute Gasteiger partial charge is 0.480 e. The van der Waals surface area contributed by atoms with Gasteiger partial charge in [0.1, 0.15) is 6.04 Å². The number of rotatable bonds is 8. The maximum atomic E-state index is 11.2. The lowest BCUT2D eigenvalue weighted by atomic mass is 10.1. The Hall–Kier alpha value is -1.10. The lowest BCUT2D eigenvalue weighted by Crippen LogP contribution is -2.38. The molecule has 0 heterocycles. The van der Waals surface area contributed by atoms with Crippen LogP contribution in [0, 0.1) is 0 Å². The van der Waals surface area contributed by atoms with Gasteiger partial charge in [-0.2, -0.15) is 0 Å². The van der Waals surface area contributed by atoms with Gasteiger partial charge in [-0.05, 0) is 26.3 Å². The van der Waals surface area contributed by atoms with Gasteiger partial charge in [0.15, 0.2) is 0 Å². The molecule has 0 aromatic heterocycles. The highest BCUT2D eigenvalue weighted by atomic mass is 16.4. The highest BCUT2D eigenvalue weighted by Crippen LogP contribution is 2.02. The lowest BCUT2D eigenvalue weighted by molar-refractivity contribution is -0.141. The third-order valence-electron chi connectivity index (χ3n) is 2.11. The number of amides is 1. The first-order valence-corrected chi connectivity index (χ1v) is 5.30. The number of hydrogen-bond acceptors (Lipinski definition) is 3. The Morgan fingerprint density at radius 3 is 2.40 bits per heavy atom. The fourth-order valence-electron chi connectivity index (χ4n) is 1.16. The van der Waals surface area contributed by atoms with Gasteiger partial charge in [-0.1, -0.05) is 12.8 Å². The monoisotopic (exact) mass is 216 g/mol. The van der Waals surface area contributed by atoms with Crippen molar-refractivity contribution < 1.29 is 14.7 Å². The van der Waals surface area contributed by atoms with Crippen LogP contribution in [0.4, 0.5) is 0 Å². The van der Waals surface area contributed by atoms with E-state index >= 15 is 0 Å². The van der Waals surface area contributed by atoms with Crippen molar-refractivity contribution >= 4 is 11.9 Å². The highest BCUT2D eigenvalue weighted by molar-refractivity contribution is 5.83. The number of nitrogens with two attached hydrogens (primary N) is 1. The molecule has 1 amide bonds. The molecule has 4 N–H and O–H groups in total. The standard InChI is InChI=1S/C10H20N2O3/c1-8(10(14)15)12-9(13)6-4-2-3-5-7-11/h8H,2-7,11H2,1H3,(H,12,13)(H,14,15)/t8-/m0/s1. The van der Waals surface area contributed by atoms with Crippen molar-refractivity contribution in [3.8, 4) is 0 Å². The number of hydrogen-bond donors (Lipinski definition) is 3. The second-order valence-electron chi connectivity index (χ2n) is 3.58. The molecule has 0 rings (SSSR count). The molecule has 0 unspecified atom stereocenters. The van der Waals surface area contributed by atoms with E-state index in [9.17, 15) is 9.59 Å². The number of carbonyl (C=O) groups is 2. The van der Waals surface area contributed by atoms with Crippen LogP contribution >= 0.6 is 0 Å². The number of unbranched alkanes of at least 4 members (excludes halogenated alkanes) is 3. The third-order valence-corrected chi connectivity index (χ3v) is 2.11. The molecule has 0 saturated carbocycles. The predicted octanol–water partition coefficient (Wildman–Crippen LogP) is 0.485. The topological polar surface area (TPSA) is 92.4 Å². The van der Waals surface area contributed by atoms with E-state index in [1.165, 1.54) is 6.92 Å². The molecule has 88 valence electrons. The van der Waals surface area contributed by atoms with Crippen LogP contribution in [-0.2, 0) is 9.59 Å². The van der Waals surface area contributed by atoms with Gasteiger partial charge < -0.3 is 16.2 Å². The highest BCUT2D eigenvalue weighted by Gasteiger charge is 2.12. The normalized spacial score (nSPS) is 12.1. The first kappa shape index (κ1) is 13.9. The van der Waals surface area contributed by atoms with E-state index in [0.717, 1.165) is 25.7 Å². The second kappa shape index (κ2) is 8.23. The summed E-state index contributed by atoms with van der Waals surface area (Å²) in [5.41, 5.74) is 5.33. The molecule has 0 aromatic rings. The van der Waals surface area contributed by atoms with Gasteiger partial charge in [-0.15, -0.1) is 0 Å². The molecule has 15 heavy (non-hydrogen) atoms. The van der Waals surface area contributed by atoms with Gasteiger partial charge in [-0.3, -0.25) is 9.59 Å². The molecule has 0 aliphatic heterocycles. The lowest BCUT2D eigenvalue weighted by Gasteiger charge is -2.08. The summed E-state index contributed by atoms with van der Waals surface area (Å²) in [7, 11) is 0. The number of nitrogens with one attached hydrogen (secondary N) is 1. The van der Waals surface area contributed by atoms with Gasteiger partial charge in [0, 0.05) is 6.42 Å². The van der Waals surface area contributed by atoms with Gasteiger partial charge in [0.2, 0.25) is 5.91 Å². The van der Waals surface area contributed by atoms with Gasteiger partial charge >= 0.3 is 5.97 Å². The van der Waals surface area contributed by atoms with Crippen LogP contribution in [0.15, 0.2) is 0 Å². The van der Waals surface area contributed by atoms with Crippen molar-refractivity contribution in [2.75, 3.05) is 6.54 Å². The fraction of sp³-hybridized carbons (Fsp3) is 0.800. The Morgan fingerprint density at radius 2 is 1.87 bits per heavy atom. The van der Waals surface area contributed by atoms with Crippen molar-refractivity contribution in [3.05, 3.63) is 0 Å². The van der Waals surface area contributed by atoms with Crippen LogP contribution in [0.25, 0.3) is 0 Å². The Labute approximate surface area is 90.0 Å². The van der Waals surface area contributed by atoms with Crippen LogP contribution in [0.2, 0.25) is 0 Å². The molecule has 0 aromatic carbocycles.